The van der Waals surface area contributed by atoms with Crippen LogP contribution < -0.4 is 0 Å². The Hall–Kier alpha value is -1.55. The van der Waals surface area contributed by atoms with Gasteiger partial charge in [-0.25, -0.2) is 9.59 Å². The maximum absolute atomic E-state index is 12.4. The average molecular weight is 439 g/mol. The Balaban J connectivity index is 2.15. The highest BCUT2D eigenvalue weighted by molar-refractivity contribution is 6.20. The van der Waals surface area contributed by atoms with Crippen molar-refractivity contribution in [3.8, 4) is 0 Å². The highest BCUT2D eigenvalue weighted by atomic mass is 35.5. The zero-order valence-corrected chi connectivity index (χ0v) is 19.6. The van der Waals surface area contributed by atoms with Crippen molar-refractivity contribution in [2.24, 2.45) is 0 Å². The van der Waals surface area contributed by atoms with E-state index in [0.717, 1.165) is 12.8 Å². The Morgan fingerprint density at radius 3 is 1.67 bits per heavy atom. The van der Waals surface area contributed by atoms with Gasteiger partial charge in [-0.3, -0.25) is 0 Å². The van der Waals surface area contributed by atoms with E-state index in [0.29, 0.717) is 6.61 Å². The van der Waals surface area contributed by atoms with Gasteiger partial charge < -0.3 is 9.47 Å². The Morgan fingerprint density at radius 1 is 0.767 bits per heavy atom. The molecule has 0 amide bonds. The maximum atomic E-state index is 12.4. The summed E-state index contributed by atoms with van der Waals surface area (Å²) in [6.45, 7) is 4.46. The molecule has 1 rings (SSSR count). The fourth-order valence-electron chi connectivity index (χ4n) is 3.29. The van der Waals surface area contributed by atoms with Crippen molar-refractivity contribution in [1.82, 2.24) is 0 Å². The van der Waals surface area contributed by atoms with E-state index in [1.54, 1.807) is 31.2 Å². The number of unbranched alkanes of at least 4 members (excludes halogenated alkanes) is 11. The summed E-state index contributed by atoms with van der Waals surface area (Å²) in [7, 11) is 0. The monoisotopic (exact) mass is 438 g/mol. The zero-order chi connectivity index (χ0) is 22.0. The van der Waals surface area contributed by atoms with Gasteiger partial charge in [0.25, 0.3) is 0 Å². The third-order valence-electron chi connectivity index (χ3n) is 5.04. The van der Waals surface area contributed by atoms with E-state index in [-0.39, 0.29) is 23.1 Å². The molecule has 0 bridgehead atoms. The highest BCUT2D eigenvalue weighted by Crippen LogP contribution is 2.14. The van der Waals surface area contributed by atoms with Gasteiger partial charge in [0.2, 0.25) is 0 Å². The first-order valence-corrected chi connectivity index (χ1v) is 12.1. The van der Waals surface area contributed by atoms with E-state index in [1.165, 1.54) is 64.2 Å². The van der Waals surface area contributed by atoms with Crippen LogP contribution in [0.5, 0.6) is 0 Å². The molecule has 0 radical (unpaired) electrons. The number of rotatable bonds is 17. The molecular weight excluding hydrogens is 400 g/mol. The second kappa shape index (κ2) is 17.2. The first kappa shape index (κ1) is 26.5. The molecule has 5 heteroatoms. The minimum Gasteiger partial charge on any atom is -0.462 e. The van der Waals surface area contributed by atoms with Gasteiger partial charge in [0.15, 0.2) is 0 Å². The average Bonchev–Trinajstić information content (AvgIpc) is 2.75. The molecule has 4 nitrogen and oxygen atoms in total. The van der Waals surface area contributed by atoms with E-state index in [9.17, 15) is 9.59 Å². The number of alkyl halides is 1. The van der Waals surface area contributed by atoms with Gasteiger partial charge in [-0.15, -0.1) is 11.6 Å². The summed E-state index contributed by atoms with van der Waals surface area (Å²) in [5, 5.41) is -0.279. The molecule has 0 aliphatic carbocycles. The summed E-state index contributed by atoms with van der Waals surface area (Å²) in [4.78, 5) is 24.5. The Kier molecular flexibility index (Phi) is 15.2. The molecular formula is C25H39ClO4. The van der Waals surface area contributed by atoms with Crippen LogP contribution in [-0.2, 0) is 9.47 Å². The van der Waals surface area contributed by atoms with Crippen molar-refractivity contribution < 1.29 is 19.1 Å². The van der Waals surface area contributed by atoms with Crippen molar-refractivity contribution in [3.63, 3.8) is 0 Å². The number of esters is 2. The van der Waals surface area contributed by atoms with Gasteiger partial charge in [-0.2, -0.15) is 0 Å². The van der Waals surface area contributed by atoms with Crippen molar-refractivity contribution in [2.45, 2.75) is 96.3 Å². The first-order valence-electron chi connectivity index (χ1n) is 11.6. The number of ether oxygens (including phenoxy) is 2. The predicted octanol–water partition coefficient (Wildman–Crippen LogP) is 7.33. The minimum atomic E-state index is -0.555. The van der Waals surface area contributed by atoms with Crippen LogP contribution in [0, 0.1) is 0 Å². The van der Waals surface area contributed by atoms with E-state index >= 15 is 0 Å². The van der Waals surface area contributed by atoms with Crippen LogP contribution in [0.3, 0.4) is 0 Å². The number of carbonyl (C=O) groups excluding carboxylic acids is 2. The summed E-state index contributed by atoms with van der Waals surface area (Å²) in [6, 6.07) is 6.57. The lowest BCUT2D eigenvalue weighted by Crippen LogP contribution is -2.17. The normalized spacial score (nSPS) is 11.8. The second-order valence-corrected chi connectivity index (χ2v) is 8.69. The van der Waals surface area contributed by atoms with E-state index < -0.39 is 11.9 Å². The minimum absolute atomic E-state index is 0.0998. The van der Waals surface area contributed by atoms with Crippen LogP contribution in [0.15, 0.2) is 24.3 Å². The molecule has 0 saturated carbocycles. The van der Waals surface area contributed by atoms with E-state index in [4.69, 9.17) is 21.1 Å². The standard InChI is InChI=1S/C25H39ClO4/c1-3-4-5-6-7-8-9-10-11-12-13-16-19-29-24(27)22-17-14-15-18-23(22)25(28)30-20-21(2)26/h14-15,17-18,21H,3-13,16,19-20H2,1-2H3. The second-order valence-electron chi connectivity index (χ2n) is 7.95. The molecule has 0 spiro atoms. The number of carbonyl (C=O) groups is 2. The lowest BCUT2D eigenvalue weighted by atomic mass is 10.1. The largest absolute Gasteiger partial charge is 0.462 e. The van der Waals surface area contributed by atoms with Gasteiger partial charge in [0, 0.05) is 0 Å². The zero-order valence-electron chi connectivity index (χ0n) is 18.8. The molecule has 0 heterocycles. The van der Waals surface area contributed by atoms with Gasteiger partial charge >= 0.3 is 11.9 Å². The molecule has 1 atom stereocenters. The summed E-state index contributed by atoms with van der Waals surface area (Å²) >= 11 is 5.81. The molecule has 0 aromatic heterocycles. The predicted molar refractivity (Wildman–Crippen MR) is 123 cm³/mol. The van der Waals surface area contributed by atoms with Crippen molar-refractivity contribution >= 4 is 23.5 Å². The fourth-order valence-corrected chi connectivity index (χ4v) is 3.36. The summed E-state index contributed by atoms with van der Waals surface area (Å²) in [5.74, 6) is -1.04. The van der Waals surface area contributed by atoms with Crippen LogP contribution in [0.25, 0.3) is 0 Å². The van der Waals surface area contributed by atoms with E-state index in [2.05, 4.69) is 6.92 Å². The van der Waals surface area contributed by atoms with Crippen LogP contribution in [0.1, 0.15) is 112 Å². The quantitative estimate of drug-likeness (QED) is 0.145. The van der Waals surface area contributed by atoms with Gasteiger partial charge in [-0.1, -0.05) is 89.7 Å². The highest BCUT2D eigenvalue weighted by Gasteiger charge is 2.19. The van der Waals surface area contributed by atoms with Gasteiger partial charge in [0.05, 0.1) is 23.1 Å². The third-order valence-corrected chi connectivity index (χ3v) is 5.17. The summed E-state index contributed by atoms with van der Waals surface area (Å²) in [6.07, 6.45) is 15.1. The van der Waals surface area contributed by atoms with Gasteiger partial charge in [-0.05, 0) is 25.5 Å². The molecule has 0 aliphatic rings. The Labute approximate surface area is 187 Å². The molecule has 1 aromatic carbocycles. The van der Waals surface area contributed by atoms with Crippen LogP contribution in [0.2, 0.25) is 0 Å². The maximum Gasteiger partial charge on any atom is 0.339 e. The van der Waals surface area contributed by atoms with Crippen molar-refractivity contribution in [2.75, 3.05) is 13.2 Å². The third kappa shape index (κ3) is 12.2. The molecule has 30 heavy (non-hydrogen) atoms. The topological polar surface area (TPSA) is 52.6 Å². The SMILES string of the molecule is CCCCCCCCCCCCCCOC(=O)c1ccccc1C(=O)OCC(C)Cl. The van der Waals surface area contributed by atoms with Crippen molar-refractivity contribution in [3.05, 3.63) is 35.4 Å². The van der Waals surface area contributed by atoms with Crippen molar-refractivity contribution in [1.29, 1.82) is 0 Å². The number of hydrogen-bond donors (Lipinski definition) is 0. The van der Waals surface area contributed by atoms with Crippen LogP contribution in [-0.4, -0.2) is 30.5 Å². The van der Waals surface area contributed by atoms with Crippen LogP contribution in [0.4, 0.5) is 0 Å². The Bertz CT molecular complexity index is 601. The van der Waals surface area contributed by atoms with E-state index in [1.807, 2.05) is 0 Å². The Morgan fingerprint density at radius 2 is 1.20 bits per heavy atom. The van der Waals surface area contributed by atoms with Crippen LogP contribution >= 0.6 is 11.6 Å². The molecule has 1 unspecified atom stereocenters. The smallest absolute Gasteiger partial charge is 0.339 e. The van der Waals surface area contributed by atoms with Gasteiger partial charge in [0.1, 0.15) is 6.61 Å². The first-order chi connectivity index (χ1) is 14.6. The number of hydrogen-bond acceptors (Lipinski definition) is 4. The molecule has 1 aromatic rings. The summed E-state index contributed by atoms with van der Waals surface area (Å²) < 4.78 is 10.5. The lowest BCUT2D eigenvalue weighted by molar-refractivity contribution is 0.0455. The lowest BCUT2D eigenvalue weighted by Gasteiger charge is -2.10. The fraction of sp³-hybridized carbons (Fsp3) is 0.680. The molecule has 0 aliphatic heterocycles. The number of halogens is 1. The molecule has 170 valence electrons. The number of benzene rings is 1. The molecule has 0 N–H and O–H groups in total. The molecule has 0 saturated heterocycles. The summed E-state index contributed by atoms with van der Waals surface area (Å²) in [5.41, 5.74) is 0.457. The molecule has 0 fully saturated rings.